The van der Waals surface area contributed by atoms with Gasteiger partial charge in [-0.15, -0.1) is 0 Å². The summed E-state index contributed by atoms with van der Waals surface area (Å²) in [7, 11) is 0. The fourth-order valence-electron chi connectivity index (χ4n) is 1.81. The fraction of sp³-hybridized carbons (Fsp3) is 0.438. The van der Waals surface area contributed by atoms with E-state index in [1.54, 1.807) is 0 Å². The average molecular weight is 267 g/mol. The van der Waals surface area contributed by atoms with E-state index in [0.29, 0.717) is 6.42 Å². The Hall–Kier alpha value is -0.410. The van der Waals surface area contributed by atoms with Gasteiger partial charge in [-0.05, 0) is 0 Å². The van der Waals surface area contributed by atoms with Gasteiger partial charge in [0.1, 0.15) is 0 Å². The topological polar surface area (TPSA) is 33.1 Å². The first kappa shape index (κ1) is 16.6. The second-order valence-corrected chi connectivity index (χ2v) is 5.86. The summed E-state index contributed by atoms with van der Waals surface area (Å²) >= 11 is 0.960. The number of aliphatic hydroxyl groups is 1. The van der Waals surface area contributed by atoms with Crippen LogP contribution in [0.15, 0.2) is 36.4 Å². The van der Waals surface area contributed by atoms with E-state index in [1.807, 2.05) is 30.4 Å². The Morgan fingerprint density at radius 1 is 1.32 bits per heavy atom. The minimum absolute atomic E-state index is 0.415. The first-order valence-electron chi connectivity index (χ1n) is 7.17. The third-order valence-corrected chi connectivity index (χ3v) is 3.47. The summed E-state index contributed by atoms with van der Waals surface area (Å²) in [6, 6.07) is 6.00. The molecule has 0 spiro atoms. The van der Waals surface area contributed by atoms with E-state index >= 15 is 0 Å². The van der Waals surface area contributed by atoms with Crippen LogP contribution in [-0.4, -0.2) is 44.1 Å². The number of rotatable bonds is 8. The van der Waals surface area contributed by atoms with Crippen LogP contribution in [-0.2, 0) is 0 Å². The van der Waals surface area contributed by atoms with E-state index in [2.05, 4.69) is 24.1 Å². The van der Waals surface area contributed by atoms with Gasteiger partial charge in [-0.1, -0.05) is 13.3 Å². The van der Waals surface area contributed by atoms with Crippen molar-refractivity contribution in [2.45, 2.75) is 45.1 Å². The van der Waals surface area contributed by atoms with Crippen molar-refractivity contribution in [2.75, 3.05) is 0 Å². The van der Waals surface area contributed by atoms with Gasteiger partial charge in [0.25, 0.3) is 0 Å². The normalized spacial score (nSPS) is 13.5. The summed E-state index contributed by atoms with van der Waals surface area (Å²) in [4.78, 5) is 4.42. The van der Waals surface area contributed by atoms with Crippen LogP contribution in [0.3, 0.4) is 0 Å². The first-order valence-corrected chi connectivity index (χ1v) is 8.17. The molecule has 0 aromatic carbocycles. The molecule has 19 heavy (non-hydrogen) atoms. The van der Waals surface area contributed by atoms with Gasteiger partial charge < -0.3 is 0 Å². The second kappa shape index (κ2) is 10.4. The molecular formula is C16H22NNaO. The zero-order valence-corrected chi connectivity index (χ0v) is 14.0. The van der Waals surface area contributed by atoms with Crippen molar-refractivity contribution in [1.82, 2.24) is 4.98 Å². The molecule has 1 unspecified atom stereocenters. The Morgan fingerprint density at radius 2 is 2.16 bits per heavy atom. The zero-order chi connectivity index (χ0) is 13.9. The van der Waals surface area contributed by atoms with Crippen LogP contribution >= 0.6 is 0 Å². The summed E-state index contributed by atoms with van der Waals surface area (Å²) in [5, 5.41) is 9.83. The summed E-state index contributed by atoms with van der Waals surface area (Å²) in [6.07, 6.45) is 13.1. The quantitative estimate of drug-likeness (QED) is 0.446. The average Bonchev–Trinajstić information content (AvgIpc) is 2.40. The van der Waals surface area contributed by atoms with Crippen LogP contribution in [0.4, 0.5) is 0 Å². The maximum absolute atomic E-state index is 9.83. The molecule has 0 saturated carbocycles. The number of allylic oxidation sites excluding steroid dienone is 1. The zero-order valence-electron chi connectivity index (χ0n) is 12.0. The van der Waals surface area contributed by atoms with Gasteiger partial charge in [-0.3, -0.25) is 0 Å². The Morgan fingerprint density at radius 3 is 2.89 bits per heavy atom. The molecule has 0 amide bonds. The van der Waals surface area contributed by atoms with Crippen molar-refractivity contribution in [1.29, 1.82) is 0 Å². The molecule has 3 heteroatoms. The SMILES string of the molecule is CCCCCC=CCC(O)C=Cc1ccc[c]([Na])n1. The minimum atomic E-state index is -0.415. The predicted octanol–water partition coefficient (Wildman–Crippen LogP) is 2.78. The van der Waals surface area contributed by atoms with Gasteiger partial charge >= 0.3 is 121 Å². The van der Waals surface area contributed by atoms with Gasteiger partial charge in [0.15, 0.2) is 0 Å². The van der Waals surface area contributed by atoms with Crippen molar-refractivity contribution in [3.8, 4) is 0 Å². The number of aromatic nitrogens is 1. The molecule has 0 saturated heterocycles. The van der Waals surface area contributed by atoms with Crippen LogP contribution in [0.25, 0.3) is 6.08 Å². The van der Waals surface area contributed by atoms with E-state index < -0.39 is 6.10 Å². The van der Waals surface area contributed by atoms with Crippen molar-refractivity contribution < 1.29 is 5.11 Å². The second-order valence-electron chi connectivity index (χ2n) is 4.83. The van der Waals surface area contributed by atoms with E-state index in [1.165, 1.54) is 19.3 Å². The summed E-state index contributed by atoms with van der Waals surface area (Å²) < 4.78 is 1.13. The van der Waals surface area contributed by atoms with Crippen molar-refractivity contribution in [3.63, 3.8) is 0 Å². The number of unbranched alkanes of at least 4 members (excludes halogenated alkanes) is 3. The van der Waals surface area contributed by atoms with Crippen molar-refractivity contribution in [2.24, 2.45) is 0 Å². The van der Waals surface area contributed by atoms with E-state index in [9.17, 15) is 5.11 Å². The molecule has 1 aromatic rings. The van der Waals surface area contributed by atoms with Crippen molar-refractivity contribution in [3.05, 3.63) is 42.1 Å². The molecule has 0 radical (unpaired) electrons. The van der Waals surface area contributed by atoms with Crippen LogP contribution in [0.1, 0.15) is 44.7 Å². The molecule has 98 valence electrons. The van der Waals surface area contributed by atoms with E-state index in [-0.39, 0.29) is 0 Å². The molecule has 1 heterocycles. The molecular weight excluding hydrogens is 245 g/mol. The Labute approximate surface area is 134 Å². The molecule has 1 rings (SSSR count). The number of nitrogens with zero attached hydrogens (tertiary/aromatic N) is 1. The summed E-state index contributed by atoms with van der Waals surface area (Å²) in [6.45, 7) is 2.21. The molecule has 0 aliphatic heterocycles. The van der Waals surface area contributed by atoms with Crippen LogP contribution in [0.2, 0.25) is 0 Å². The first-order chi connectivity index (χ1) is 9.22. The van der Waals surface area contributed by atoms with Gasteiger partial charge in [0.05, 0.1) is 0 Å². The van der Waals surface area contributed by atoms with Gasteiger partial charge in [0, 0.05) is 0 Å². The Balaban J connectivity index is 2.28. The van der Waals surface area contributed by atoms with Crippen LogP contribution in [0.5, 0.6) is 0 Å². The number of aliphatic hydroxyl groups excluding tert-OH is 1. The molecule has 1 aromatic heterocycles. The van der Waals surface area contributed by atoms with Crippen LogP contribution < -0.4 is 2.94 Å². The molecule has 1 atom stereocenters. The summed E-state index contributed by atoms with van der Waals surface area (Å²) in [5.74, 6) is 0. The van der Waals surface area contributed by atoms with Crippen molar-refractivity contribution >= 4 is 37.0 Å². The molecule has 0 bridgehead atoms. The van der Waals surface area contributed by atoms with E-state index in [0.717, 1.165) is 43.0 Å². The summed E-state index contributed by atoms with van der Waals surface area (Å²) in [5.41, 5.74) is 0.929. The third-order valence-electron chi connectivity index (χ3n) is 2.92. The maximum atomic E-state index is 9.83. The Kier molecular flexibility index (Phi) is 9.10. The third kappa shape index (κ3) is 8.38. The number of hydrogen-bond acceptors (Lipinski definition) is 2. The molecule has 0 aliphatic rings. The van der Waals surface area contributed by atoms with Crippen LogP contribution in [0, 0.1) is 0 Å². The molecule has 2 nitrogen and oxygen atoms in total. The van der Waals surface area contributed by atoms with Gasteiger partial charge in [-0.2, -0.15) is 0 Å². The fourth-order valence-corrected chi connectivity index (χ4v) is 2.26. The molecule has 0 fully saturated rings. The van der Waals surface area contributed by atoms with Gasteiger partial charge in [-0.25, -0.2) is 0 Å². The monoisotopic (exact) mass is 267 g/mol. The van der Waals surface area contributed by atoms with Gasteiger partial charge in [0.2, 0.25) is 0 Å². The Bertz CT molecular complexity index is 415. The predicted molar refractivity (Wildman–Crippen MR) is 82.6 cm³/mol. The van der Waals surface area contributed by atoms with E-state index in [4.69, 9.17) is 0 Å². The number of pyridine rings is 1. The molecule has 1 N–H and O–H groups in total. The standard InChI is InChI=1S/C16H22NO.Na/c1-2-3-4-5-6-7-11-16(18)13-12-15-10-8-9-14-17-15;/h6-10,12-13,16,18H,2-5,11H2,1H3;. The molecule has 0 aliphatic carbocycles. The number of hydrogen-bond donors (Lipinski definition) is 1.